The van der Waals surface area contributed by atoms with Crippen LogP contribution in [0.25, 0.3) is 0 Å². The van der Waals surface area contributed by atoms with Crippen LogP contribution in [-0.4, -0.2) is 19.3 Å². The molecule has 2 nitrogen and oxygen atoms in total. The lowest BCUT2D eigenvalue weighted by Gasteiger charge is -2.09. The number of hydrogen-bond donors (Lipinski definition) is 0. The van der Waals surface area contributed by atoms with Crippen molar-refractivity contribution in [1.82, 2.24) is 0 Å². The second-order valence-corrected chi connectivity index (χ2v) is 3.85. The summed E-state index contributed by atoms with van der Waals surface area (Å²) in [6.07, 6.45) is -1.97. The summed E-state index contributed by atoms with van der Waals surface area (Å²) in [5, 5.41) is 0. The van der Waals surface area contributed by atoms with Crippen molar-refractivity contribution < 1.29 is 22.7 Å². The summed E-state index contributed by atoms with van der Waals surface area (Å²) in [4.78, 5) is 10.9. The van der Waals surface area contributed by atoms with E-state index in [1.807, 2.05) is 6.92 Å². The van der Waals surface area contributed by atoms with Gasteiger partial charge in [-0.25, -0.2) is 0 Å². The van der Waals surface area contributed by atoms with Gasteiger partial charge in [-0.05, 0) is 25.7 Å². The van der Waals surface area contributed by atoms with Gasteiger partial charge in [0.1, 0.15) is 0 Å². The zero-order valence-electron chi connectivity index (χ0n) is 9.73. The van der Waals surface area contributed by atoms with Crippen LogP contribution in [0, 0.1) is 5.92 Å². The fraction of sp³-hybridized carbons (Fsp3) is 0.727. The molecule has 0 bridgehead atoms. The van der Waals surface area contributed by atoms with Gasteiger partial charge in [-0.2, -0.15) is 13.2 Å². The van der Waals surface area contributed by atoms with Crippen LogP contribution in [0.5, 0.6) is 0 Å². The van der Waals surface area contributed by atoms with E-state index in [1.165, 1.54) is 7.11 Å². The standard InChI is InChI=1S/C11H17F3O2/c1-8(7-10(15)16-3)5-4-6-9(2)11(12,13)14/h6,8H,4-5,7H2,1-3H3/b9-6-. The van der Waals surface area contributed by atoms with Crippen molar-refractivity contribution in [3.63, 3.8) is 0 Å². The van der Waals surface area contributed by atoms with Gasteiger partial charge in [-0.1, -0.05) is 13.0 Å². The molecule has 0 N–H and O–H groups in total. The molecule has 0 aromatic carbocycles. The van der Waals surface area contributed by atoms with E-state index in [2.05, 4.69) is 4.74 Å². The fourth-order valence-electron chi connectivity index (χ4n) is 1.17. The van der Waals surface area contributed by atoms with Gasteiger partial charge in [0.25, 0.3) is 0 Å². The molecule has 0 fully saturated rings. The number of alkyl halides is 3. The highest BCUT2D eigenvalue weighted by atomic mass is 19.4. The Kier molecular flexibility index (Phi) is 6.14. The van der Waals surface area contributed by atoms with Crippen LogP contribution in [-0.2, 0) is 9.53 Å². The average Bonchev–Trinajstić information content (AvgIpc) is 2.15. The Bertz CT molecular complexity index is 256. The number of esters is 1. The molecule has 0 heterocycles. The summed E-state index contributed by atoms with van der Waals surface area (Å²) < 4.78 is 40.8. The minimum atomic E-state index is -4.24. The minimum Gasteiger partial charge on any atom is -0.469 e. The third kappa shape index (κ3) is 6.48. The molecule has 0 amide bonds. The molecule has 0 saturated heterocycles. The van der Waals surface area contributed by atoms with Crippen LogP contribution in [0.3, 0.4) is 0 Å². The first kappa shape index (κ1) is 15.0. The zero-order valence-corrected chi connectivity index (χ0v) is 9.73. The maximum absolute atomic E-state index is 12.1. The topological polar surface area (TPSA) is 26.3 Å². The smallest absolute Gasteiger partial charge is 0.412 e. The van der Waals surface area contributed by atoms with Crippen molar-refractivity contribution >= 4 is 5.97 Å². The van der Waals surface area contributed by atoms with Crippen molar-refractivity contribution in [2.24, 2.45) is 5.92 Å². The number of hydrogen-bond acceptors (Lipinski definition) is 2. The van der Waals surface area contributed by atoms with Gasteiger partial charge in [0, 0.05) is 12.0 Å². The number of ether oxygens (including phenoxy) is 1. The predicted molar refractivity (Wildman–Crippen MR) is 54.8 cm³/mol. The number of rotatable bonds is 5. The largest absolute Gasteiger partial charge is 0.469 e. The molecule has 1 unspecified atom stereocenters. The van der Waals surface area contributed by atoms with E-state index in [0.717, 1.165) is 13.0 Å². The Morgan fingerprint density at radius 1 is 1.44 bits per heavy atom. The van der Waals surface area contributed by atoms with Gasteiger partial charge in [0.2, 0.25) is 0 Å². The van der Waals surface area contributed by atoms with Crippen LogP contribution in [0.4, 0.5) is 13.2 Å². The van der Waals surface area contributed by atoms with Crippen LogP contribution >= 0.6 is 0 Å². The van der Waals surface area contributed by atoms with Gasteiger partial charge in [0.15, 0.2) is 0 Å². The Labute approximate surface area is 93.5 Å². The van der Waals surface area contributed by atoms with Gasteiger partial charge >= 0.3 is 12.1 Å². The quantitative estimate of drug-likeness (QED) is 0.541. The van der Waals surface area contributed by atoms with E-state index in [-0.39, 0.29) is 18.3 Å². The van der Waals surface area contributed by atoms with Gasteiger partial charge in [-0.15, -0.1) is 0 Å². The monoisotopic (exact) mass is 238 g/mol. The lowest BCUT2D eigenvalue weighted by atomic mass is 10.0. The predicted octanol–water partition coefficient (Wildman–Crippen LogP) is 3.47. The van der Waals surface area contributed by atoms with E-state index >= 15 is 0 Å². The molecule has 0 radical (unpaired) electrons. The second-order valence-electron chi connectivity index (χ2n) is 3.85. The molecular weight excluding hydrogens is 221 g/mol. The second kappa shape index (κ2) is 6.55. The van der Waals surface area contributed by atoms with Gasteiger partial charge in [-0.3, -0.25) is 4.79 Å². The highest BCUT2D eigenvalue weighted by Crippen LogP contribution is 2.25. The number of carbonyl (C=O) groups is 1. The number of allylic oxidation sites excluding steroid dienone is 2. The molecule has 5 heteroatoms. The summed E-state index contributed by atoms with van der Waals surface area (Å²) in [5.41, 5.74) is -0.585. The SMILES string of the molecule is COC(=O)CC(C)CC/C=C(/C)C(F)(F)F. The Balaban J connectivity index is 3.94. The van der Waals surface area contributed by atoms with E-state index in [4.69, 9.17) is 0 Å². The molecule has 0 aliphatic rings. The number of carbonyl (C=O) groups excluding carboxylic acids is 1. The maximum atomic E-state index is 12.1. The fourth-order valence-corrected chi connectivity index (χ4v) is 1.17. The Morgan fingerprint density at radius 2 is 2.00 bits per heavy atom. The average molecular weight is 238 g/mol. The molecule has 94 valence electrons. The van der Waals surface area contributed by atoms with Crippen molar-refractivity contribution in [1.29, 1.82) is 0 Å². The van der Waals surface area contributed by atoms with E-state index in [1.54, 1.807) is 0 Å². The van der Waals surface area contributed by atoms with Crippen LogP contribution in [0.2, 0.25) is 0 Å². The lowest BCUT2D eigenvalue weighted by Crippen LogP contribution is -2.09. The third-order valence-electron chi connectivity index (χ3n) is 2.30. The highest BCUT2D eigenvalue weighted by Gasteiger charge is 2.29. The molecule has 16 heavy (non-hydrogen) atoms. The molecule has 0 aromatic heterocycles. The van der Waals surface area contributed by atoms with Crippen molar-refractivity contribution in [3.05, 3.63) is 11.6 Å². The Hall–Kier alpha value is -1.00. The van der Waals surface area contributed by atoms with Crippen molar-refractivity contribution in [2.75, 3.05) is 7.11 Å². The van der Waals surface area contributed by atoms with Crippen LogP contribution in [0.1, 0.15) is 33.1 Å². The number of methoxy groups -OCH3 is 1. The summed E-state index contributed by atoms with van der Waals surface area (Å²) >= 11 is 0. The first-order valence-corrected chi connectivity index (χ1v) is 5.08. The first-order valence-electron chi connectivity index (χ1n) is 5.08. The summed E-state index contributed by atoms with van der Waals surface area (Å²) in [6, 6.07) is 0. The molecule has 1 atom stereocenters. The molecule has 0 saturated carbocycles. The molecular formula is C11H17F3O2. The van der Waals surface area contributed by atoms with Crippen LogP contribution in [0.15, 0.2) is 11.6 Å². The zero-order chi connectivity index (χ0) is 12.8. The molecule has 0 aromatic rings. The van der Waals surface area contributed by atoms with Crippen molar-refractivity contribution in [3.8, 4) is 0 Å². The molecule has 0 rings (SSSR count). The number of halogens is 3. The molecule has 0 aliphatic carbocycles. The van der Waals surface area contributed by atoms with Gasteiger partial charge in [0.05, 0.1) is 7.11 Å². The summed E-state index contributed by atoms with van der Waals surface area (Å²) in [7, 11) is 1.29. The Morgan fingerprint density at radius 3 is 2.44 bits per heavy atom. The highest BCUT2D eigenvalue weighted by molar-refractivity contribution is 5.69. The van der Waals surface area contributed by atoms with Crippen molar-refractivity contribution in [2.45, 2.75) is 39.3 Å². The van der Waals surface area contributed by atoms with Crippen LogP contribution < -0.4 is 0 Å². The van der Waals surface area contributed by atoms with Gasteiger partial charge < -0.3 is 4.74 Å². The minimum absolute atomic E-state index is 0.0322. The molecule has 0 aliphatic heterocycles. The summed E-state index contributed by atoms with van der Waals surface area (Å²) in [6.45, 7) is 2.86. The third-order valence-corrected chi connectivity index (χ3v) is 2.30. The van der Waals surface area contributed by atoms with E-state index in [0.29, 0.717) is 12.8 Å². The van der Waals surface area contributed by atoms with E-state index in [9.17, 15) is 18.0 Å². The van der Waals surface area contributed by atoms with E-state index < -0.39 is 11.7 Å². The lowest BCUT2D eigenvalue weighted by molar-refractivity contribution is -0.141. The first-order chi connectivity index (χ1) is 7.27. The molecule has 0 spiro atoms. The normalized spacial score (nSPS) is 14.8. The summed E-state index contributed by atoms with van der Waals surface area (Å²) in [5.74, 6) is -0.297. The maximum Gasteiger partial charge on any atom is 0.412 e.